The number of aliphatic imine (C=N–C) groups is 1. The minimum absolute atomic E-state index is 0. The van der Waals surface area contributed by atoms with Crippen molar-refractivity contribution in [2.24, 2.45) is 4.99 Å². The first-order valence-electron chi connectivity index (χ1n) is 8.36. The van der Waals surface area contributed by atoms with Crippen molar-refractivity contribution in [3.63, 3.8) is 0 Å². The molecule has 0 aliphatic carbocycles. The van der Waals surface area contributed by atoms with E-state index in [1.54, 1.807) is 13.3 Å². The fourth-order valence-corrected chi connectivity index (χ4v) is 2.45. The summed E-state index contributed by atoms with van der Waals surface area (Å²) in [6.45, 7) is 7.28. The van der Waals surface area contributed by atoms with E-state index in [-0.39, 0.29) is 24.0 Å². The second-order valence-electron chi connectivity index (χ2n) is 5.52. The topological polar surface area (TPSA) is 63.5 Å². The molecule has 0 radical (unpaired) electrons. The van der Waals surface area contributed by atoms with E-state index < -0.39 is 0 Å². The minimum Gasteiger partial charge on any atom is -0.496 e. The van der Waals surface area contributed by atoms with Crippen molar-refractivity contribution in [2.75, 3.05) is 26.7 Å². The monoisotopic (exact) mass is 457 g/mol. The normalized spacial score (nSPS) is 10.9. The molecule has 1 aromatic heterocycles. The summed E-state index contributed by atoms with van der Waals surface area (Å²) in [7, 11) is 1.71. The van der Waals surface area contributed by atoms with Gasteiger partial charge in [0, 0.05) is 32.0 Å². The molecule has 6 nitrogen and oxygen atoms in total. The SMILES string of the molecule is CCNC(=NCCc1cc(C)ccc1OC)NCCn1cccn1.I. The number of rotatable bonds is 8. The summed E-state index contributed by atoms with van der Waals surface area (Å²) in [6.07, 6.45) is 4.59. The van der Waals surface area contributed by atoms with Crippen LogP contribution in [0.5, 0.6) is 5.75 Å². The lowest BCUT2D eigenvalue weighted by Gasteiger charge is -2.12. The molecule has 25 heavy (non-hydrogen) atoms. The van der Waals surface area contributed by atoms with Crippen LogP contribution >= 0.6 is 24.0 Å². The van der Waals surface area contributed by atoms with E-state index in [0.29, 0.717) is 6.54 Å². The molecule has 2 N–H and O–H groups in total. The van der Waals surface area contributed by atoms with Crippen LogP contribution in [-0.4, -0.2) is 42.5 Å². The molecule has 0 atom stereocenters. The van der Waals surface area contributed by atoms with Crippen molar-refractivity contribution in [1.82, 2.24) is 20.4 Å². The zero-order chi connectivity index (χ0) is 17.2. The number of halogens is 1. The molecule has 0 aliphatic heterocycles. The summed E-state index contributed by atoms with van der Waals surface area (Å²) in [5, 5.41) is 10.8. The van der Waals surface area contributed by atoms with Crippen molar-refractivity contribution in [2.45, 2.75) is 26.8 Å². The largest absolute Gasteiger partial charge is 0.496 e. The highest BCUT2D eigenvalue weighted by Crippen LogP contribution is 2.20. The van der Waals surface area contributed by atoms with Crippen LogP contribution in [0.1, 0.15) is 18.1 Å². The maximum Gasteiger partial charge on any atom is 0.191 e. The summed E-state index contributed by atoms with van der Waals surface area (Å²) < 4.78 is 7.32. The first kappa shape index (κ1) is 21.3. The van der Waals surface area contributed by atoms with E-state index in [1.165, 1.54) is 11.1 Å². The highest BCUT2D eigenvalue weighted by atomic mass is 127. The standard InChI is InChI=1S/C18H27N5O.HI/c1-4-19-18(21-11-13-23-12-5-9-22-23)20-10-8-16-14-15(2)6-7-17(16)24-3;/h5-7,9,12,14H,4,8,10-11,13H2,1-3H3,(H2,19,20,21);1H. The van der Waals surface area contributed by atoms with Gasteiger partial charge in [-0.1, -0.05) is 17.7 Å². The average molecular weight is 457 g/mol. The van der Waals surface area contributed by atoms with Crippen LogP contribution < -0.4 is 15.4 Å². The lowest BCUT2D eigenvalue weighted by Crippen LogP contribution is -2.39. The highest BCUT2D eigenvalue weighted by molar-refractivity contribution is 14.0. The number of aryl methyl sites for hydroxylation is 1. The van der Waals surface area contributed by atoms with Gasteiger partial charge < -0.3 is 15.4 Å². The van der Waals surface area contributed by atoms with Gasteiger partial charge in [0.25, 0.3) is 0 Å². The Morgan fingerprint density at radius 3 is 2.84 bits per heavy atom. The predicted molar refractivity (Wildman–Crippen MR) is 113 cm³/mol. The van der Waals surface area contributed by atoms with E-state index in [9.17, 15) is 0 Å². The van der Waals surface area contributed by atoms with Crippen LogP contribution in [0.2, 0.25) is 0 Å². The number of nitrogens with one attached hydrogen (secondary N) is 2. The molecule has 0 amide bonds. The number of hydrogen-bond donors (Lipinski definition) is 2. The van der Waals surface area contributed by atoms with Crippen molar-refractivity contribution < 1.29 is 4.74 Å². The van der Waals surface area contributed by atoms with Crippen LogP contribution in [0.25, 0.3) is 0 Å². The Kier molecular flexibility index (Phi) is 9.98. The van der Waals surface area contributed by atoms with Crippen LogP contribution in [0.4, 0.5) is 0 Å². The van der Waals surface area contributed by atoms with E-state index in [4.69, 9.17) is 4.74 Å². The number of guanidine groups is 1. The van der Waals surface area contributed by atoms with Gasteiger partial charge >= 0.3 is 0 Å². The summed E-state index contributed by atoms with van der Waals surface area (Å²) in [6, 6.07) is 8.16. The summed E-state index contributed by atoms with van der Waals surface area (Å²) in [5.41, 5.74) is 2.42. The smallest absolute Gasteiger partial charge is 0.191 e. The van der Waals surface area contributed by atoms with Gasteiger partial charge in [-0.3, -0.25) is 9.67 Å². The zero-order valence-electron chi connectivity index (χ0n) is 15.2. The van der Waals surface area contributed by atoms with Crippen LogP contribution in [-0.2, 0) is 13.0 Å². The maximum absolute atomic E-state index is 5.42. The molecule has 0 unspecified atom stereocenters. The van der Waals surface area contributed by atoms with Gasteiger partial charge in [0.2, 0.25) is 0 Å². The van der Waals surface area contributed by atoms with Crippen molar-refractivity contribution >= 4 is 29.9 Å². The molecule has 0 spiro atoms. The first-order valence-corrected chi connectivity index (χ1v) is 8.36. The molecule has 0 bridgehead atoms. The molecule has 7 heteroatoms. The van der Waals surface area contributed by atoms with E-state index in [0.717, 1.165) is 37.8 Å². The molecule has 0 saturated carbocycles. The third-order valence-electron chi connectivity index (χ3n) is 3.62. The zero-order valence-corrected chi connectivity index (χ0v) is 17.5. The molecule has 138 valence electrons. The second-order valence-corrected chi connectivity index (χ2v) is 5.52. The predicted octanol–water partition coefficient (Wildman–Crippen LogP) is 2.62. The highest BCUT2D eigenvalue weighted by Gasteiger charge is 2.03. The number of methoxy groups -OCH3 is 1. The van der Waals surface area contributed by atoms with Gasteiger partial charge in [0.1, 0.15) is 5.75 Å². The minimum atomic E-state index is 0. The lowest BCUT2D eigenvalue weighted by atomic mass is 10.1. The Bertz CT molecular complexity index is 643. The van der Waals surface area contributed by atoms with Gasteiger partial charge in [-0.25, -0.2) is 0 Å². The average Bonchev–Trinajstić information content (AvgIpc) is 3.08. The summed E-state index contributed by atoms with van der Waals surface area (Å²) in [5.74, 6) is 1.75. The van der Waals surface area contributed by atoms with Crippen molar-refractivity contribution in [3.05, 3.63) is 47.8 Å². The molecule has 1 heterocycles. The molecule has 0 saturated heterocycles. The number of nitrogens with zero attached hydrogens (tertiary/aromatic N) is 3. The van der Waals surface area contributed by atoms with Gasteiger partial charge in [-0.05, 0) is 38.0 Å². The molecule has 2 aromatic rings. The quantitative estimate of drug-likeness (QED) is 0.364. The Hall–Kier alpha value is -1.77. The van der Waals surface area contributed by atoms with Crippen LogP contribution in [0.3, 0.4) is 0 Å². The maximum atomic E-state index is 5.42. The molecule has 0 aliphatic rings. The molecule has 1 aromatic carbocycles. The van der Waals surface area contributed by atoms with Gasteiger partial charge in [-0.15, -0.1) is 24.0 Å². The Morgan fingerprint density at radius 1 is 1.32 bits per heavy atom. The molecule has 0 fully saturated rings. The van der Waals surface area contributed by atoms with Crippen molar-refractivity contribution in [1.29, 1.82) is 0 Å². The second kappa shape index (κ2) is 11.7. The third kappa shape index (κ3) is 7.33. The summed E-state index contributed by atoms with van der Waals surface area (Å²) in [4.78, 5) is 4.64. The summed E-state index contributed by atoms with van der Waals surface area (Å²) >= 11 is 0. The molecular formula is C18H28IN5O. The van der Waals surface area contributed by atoms with Gasteiger partial charge in [-0.2, -0.15) is 5.10 Å². The Labute approximate surface area is 167 Å². The Morgan fingerprint density at radius 2 is 2.16 bits per heavy atom. The van der Waals surface area contributed by atoms with E-state index >= 15 is 0 Å². The molecule has 2 rings (SSSR count). The number of ether oxygens (including phenoxy) is 1. The van der Waals surface area contributed by atoms with Crippen LogP contribution in [0.15, 0.2) is 41.7 Å². The van der Waals surface area contributed by atoms with Gasteiger partial charge in [0.15, 0.2) is 5.96 Å². The lowest BCUT2D eigenvalue weighted by molar-refractivity contribution is 0.409. The first-order chi connectivity index (χ1) is 11.7. The fourth-order valence-electron chi connectivity index (χ4n) is 2.45. The van der Waals surface area contributed by atoms with E-state index in [1.807, 2.05) is 23.0 Å². The Balaban J connectivity index is 0.00000312. The fraction of sp³-hybridized carbons (Fsp3) is 0.444. The molecular weight excluding hydrogens is 429 g/mol. The third-order valence-corrected chi connectivity index (χ3v) is 3.62. The van der Waals surface area contributed by atoms with Gasteiger partial charge in [0.05, 0.1) is 13.7 Å². The van der Waals surface area contributed by atoms with E-state index in [2.05, 4.69) is 46.7 Å². The number of benzene rings is 1. The number of hydrogen-bond acceptors (Lipinski definition) is 3. The van der Waals surface area contributed by atoms with Crippen molar-refractivity contribution in [3.8, 4) is 5.75 Å². The number of aromatic nitrogens is 2. The van der Waals surface area contributed by atoms with Crippen LogP contribution in [0, 0.1) is 6.92 Å².